The largest absolute Gasteiger partial charge is 0.459 e. The third kappa shape index (κ3) is 2.78. The van der Waals surface area contributed by atoms with Gasteiger partial charge in [0.15, 0.2) is 5.76 Å². The second-order valence-corrected chi connectivity index (χ2v) is 5.86. The topological polar surface area (TPSA) is 45.5 Å². The Morgan fingerprint density at radius 3 is 2.62 bits per heavy atom. The molecule has 3 aromatic rings. The molecule has 0 fully saturated rings. The van der Waals surface area contributed by atoms with E-state index in [1.54, 1.807) is 12.1 Å². The molecular formula is C20H18N2O2. The van der Waals surface area contributed by atoms with Crippen molar-refractivity contribution in [2.24, 2.45) is 0 Å². The van der Waals surface area contributed by atoms with Crippen LogP contribution in [0.2, 0.25) is 0 Å². The average molecular weight is 318 g/mol. The standard InChI is InChI=1S/C20H18N2O2/c23-20(19-8-4-14-24-19)21-16-9-11-17(12-10-16)22-13-3-6-15-5-1-2-7-18(15)22/h1-2,4-5,7-12,14H,3,6,13H2,(H,21,23). The summed E-state index contributed by atoms with van der Waals surface area (Å²) in [6.07, 6.45) is 3.77. The van der Waals surface area contributed by atoms with Crippen LogP contribution in [0.5, 0.6) is 0 Å². The van der Waals surface area contributed by atoms with Crippen LogP contribution >= 0.6 is 0 Å². The molecule has 1 N–H and O–H groups in total. The van der Waals surface area contributed by atoms with Crippen molar-refractivity contribution in [3.05, 3.63) is 78.3 Å². The minimum Gasteiger partial charge on any atom is -0.459 e. The minimum atomic E-state index is -0.240. The van der Waals surface area contributed by atoms with E-state index in [1.165, 1.54) is 17.5 Å². The first kappa shape index (κ1) is 14.6. The molecule has 0 saturated carbocycles. The summed E-state index contributed by atoms with van der Waals surface area (Å²) in [5.74, 6) is 0.0695. The summed E-state index contributed by atoms with van der Waals surface area (Å²) in [6.45, 7) is 1.01. The van der Waals surface area contributed by atoms with Crippen LogP contribution in [0.1, 0.15) is 22.5 Å². The maximum absolute atomic E-state index is 12.0. The van der Waals surface area contributed by atoms with Crippen molar-refractivity contribution in [3.8, 4) is 0 Å². The van der Waals surface area contributed by atoms with E-state index >= 15 is 0 Å². The van der Waals surface area contributed by atoms with E-state index in [0.29, 0.717) is 5.76 Å². The number of nitrogens with one attached hydrogen (secondary N) is 1. The molecule has 120 valence electrons. The lowest BCUT2D eigenvalue weighted by molar-refractivity contribution is 0.0996. The van der Waals surface area contributed by atoms with Crippen molar-refractivity contribution in [2.45, 2.75) is 12.8 Å². The van der Waals surface area contributed by atoms with E-state index in [0.717, 1.165) is 30.8 Å². The number of hydrogen-bond acceptors (Lipinski definition) is 3. The minimum absolute atomic E-state index is 0.240. The number of furan rings is 1. The molecule has 0 saturated heterocycles. The summed E-state index contributed by atoms with van der Waals surface area (Å²) in [4.78, 5) is 14.3. The number of carbonyl (C=O) groups is 1. The second kappa shape index (κ2) is 6.24. The van der Waals surface area contributed by atoms with Crippen LogP contribution in [0.15, 0.2) is 71.3 Å². The maximum Gasteiger partial charge on any atom is 0.291 e. The second-order valence-electron chi connectivity index (χ2n) is 5.86. The Kier molecular flexibility index (Phi) is 3.79. The predicted octanol–water partition coefficient (Wildman–Crippen LogP) is 4.62. The molecule has 0 aliphatic carbocycles. The molecule has 0 unspecified atom stereocenters. The highest BCUT2D eigenvalue weighted by molar-refractivity contribution is 6.02. The van der Waals surface area contributed by atoms with E-state index in [9.17, 15) is 4.79 Å². The quantitative estimate of drug-likeness (QED) is 0.766. The highest BCUT2D eigenvalue weighted by Gasteiger charge is 2.17. The molecule has 1 aliphatic heterocycles. The first-order chi connectivity index (χ1) is 11.8. The Morgan fingerprint density at radius 2 is 1.83 bits per heavy atom. The van der Waals surface area contributed by atoms with Crippen LogP contribution < -0.4 is 10.2 Å². The highest BCUT2D eigenvalue weighted by Crippen LogP contribution is 2.33. The van der Waals surface area contributed by atoms with Crippen molar-refractivity contribution in [3.63, 3.8) is 0 Å². The van der Waals surface area contributed by atoms with Crippen LogP contribution in [0.3, 0.4) is 0 Å². The molecule has 0 atom stereocenters. The number of aryl methyl sites for hydroxylation is 1. The number of fused-ring (bicyclic) bond motifs is 1. The van der Waals surface area contributed by atoms with Crippen LogP contribution in [0.4, 0.5) is 17.1 Å². The van der Waals surface area contributed by atoms with Crippen molar-refractivity contribution in [1.82, 2.24) is 0 Å². The van der Waals surface area contributed by atoms with Crippen molar-refractivity contribution >= 4 is 23.0 Å². The highest BCUT2D eigenvalue weighted by atomic mass is 16.3. The first-order valence-corrected chi connectivity index (χ1v) is 8.12. The van der Waals surface area contributed by atoms with Gasteiger partial charge in [0.2, 0.25) is 0 Å². The van der Waals surface area contributed by atoms with Gasteiger partial charge in [-0.3, -0.25) is 4.79 Å². The smallest absolute Gasteiger partial charge is 0.291 e. The molecule has 0 bridgehead atoms. The van der Waals surface area contributed by atoms with Gasteiger partial charge in [-0.25, -0.2) is 0 Å². The normalized spacial score (nSPS) is 13.4. The SMILES string of the molecule is O=C(Nc1ccc(N2CCCc3ccccc32)cc1)c1ccco1. The Labute approximate surface area is 140 Å². The van der Waals surface area contributed by atoms with E-state index in [2.05, 4.69) is 34.5 Å². The molecule has 1 amide bonds. The summed E-state index contributed by atoms with van der Waals surface area (Å²) in [6, 6.07) is 19.8. The predicted molar refractivity (Wildman–Crippen MR) is 94.9 cm³/mol. The Hall–Kier alpha value is -3.01. The maximum atomic E-state index is 12.0. The fraction of sp³-hybridized carbons (Fsp3) is 0.150. The van der Waals surface area contributed by atoms with Crippen molar-refractivity contribution < 1.29 is 9.21 Å². The lowest BCUT2D eigenvalue weighted by atomic mass is 10.0. The lowest BCUT2D eigenvalue weighted by Gasteiger charge is -2.31. The van der Waals surface area contributed by atoms with Gasteiger partial charge in [-0.1, -0.05) is 18.2 Å². The van der Waals surface area contributed by atoms with E-state index in [1.807, 2.05) is 24.3 Å². The summed E-state index contributed by atoms with van der Waals surface area (Å²) in [5, 5.41) is 2.84. The van der Waals surface area contributed by atoms with E-state index < -0.39 is 0 Å². The molecule has 2 aromatic carbocycles. The van der Waals surface area contributed by atoms with Crippen LogP contribution in [0.25, 0.3) is 0 Å². The number of anilines is 3. The van der Waals surface area contributed by atoms with Gasteiger partial charge >= 0.3 is 0 Å². The van der Waals surface area contributed by atoms with E-state index in [4.69, 9.17) is 4.42 Å². The van der Waals surface area contributed by atoms with Crippen molar-refractivity contribution in [2.75, 3.05) is 16.8 Å². The van der Waals surface area contributed by atoms with E-state index in [-0.39, 0.29) is 5.91 Å². The third-order valence-corrected chi connectivity index (χ3v) is 4.29. The number of amides is 1. The molecule has 4 nitrogen and oxygen atoms in total. The van der Waals surface area contributed by atoms with Gasteiger partial charge < -0.3 is 14.6 Å². The molecule has 0 spiro atoms. The van der Waals surface area contributed by atoms with Gasteiger partial charge in [-0.2, -0.15) is 0 Å². The molecule has 1 aromatic heterocycles. The fourth-order valence-corrected chi connectivity index (χ4v) is 3.13. The van der Waals surface area contributed by atoms with Gasteiger partial charge in [-0.15, -0.1) is 0 Å². The number of carbonyl (C=O) groups excluding carboxylic acids is 1. The number of para-hydroxylation sites is 1. The summed E-state index contributed by atoms with van der Waals surface area (Å²) < 4.78 is 5.11. The molecule has 24 heavy (non-hydrogen) atoms. The number of rotatable bonds is 3. The zero-order chi connectivity index (χ0) is 16.4. The average Bonchev–Trinajstić information content (AvgIpc) is 3.17. The first-order valence-electron chi connectivity index (χ1n) is 8.12. The molecule has 4 heteroatoms. The van der Waals surface area contributed by atoms with Gasteiger partial charge in [-0.05, 0) is 60.9 Å². The van der Waals surface area contributed by atoms with Crippen LogP contribution in [-0.2, 0) is 6.42 Å². The summed E-state index contributed by atoms with van der Waals surface area (Å²) in [7, 11) is 0. The zero-order valence-electron chi connectivity index (χ0n) is 13.2. The lowest BCUT2D eigenvalue weighted by Crippen LogP contribution is -2.24. The third-order valence-electron chi connectivity index (χ3n) is 4.29. The number of benzene rings is 2. The van der Waals surface area contributed by atoms with Gasteiger partial charge in [0, 0.05) is 23.6 Å². The number of hydrogen-bond donors (Lipinski definition) is 1. The summed E-state index contributed by atoms with van der Waals surface area (Å²) >= 11 is 0. The van der Waals surface area contributed by atoms with Gasteiger partial charge in [0.1, 0.15) is 0 Å². The van der Waals surface area contributed by atoms with Crippen LogP contribution in [-0.4, -0.2) is 12.5 Å². The van der Waals surface area contributed by atoms with Crippen molar-refractivity contribution in [1.29, 1.82) is 0 Å². The Balaban J connectivity index is 1.54. The zero-order valence-corrected chi connectivity index (χ0v) is 13.2. The molecule has 2 heterocycles. The van der Waals surface area contributed by atoms with Gasteiger partial charge in [0.05, 0.1) is 6.26 Å². The molecule has 4 rings (SSSR count). The number of nitrogens with zero attached hydrogens (tertiary/aromatic N) is 1. The molecule has 1 aliphatic rings. The van der Waals surface area contributed by atoms with Gasteiger partial charge in [0.25, 0.3) is 5.91 Å². The summed E-state index contributed by atoms with van der Waals surface area (Å²) in [5.41, 5.74) is 4.55. The fourth-order valence-electron chi connectivity index (χ4n) is 3.13. The van der Waals surface area contributed by atoms with Crippen LogP contribution in [0, 0.1) is 0 Å². The Morgan fingerprint density at radius 1 is 1.00 bits per heavy atom. The monoisotopic (exact) mass is 318 g/mol. The Bertz CT molecular complexity index is 838. The molecular weight excluding hydrogens is 300 g/mol. The molecule has 0 radical (unpaired) electrons.